The second-order valence-corrected chi connectivity index (χ2v) is 7.33. The van der Waals surface area contributed by atoms with Crippen molar-refractivity contribution in [2.45, 2.75) is 27.2 Å². The molecule has 0 bridgehead atoms. The summed E-state index contributed by atoms with van der Waals surface area (Å²) in [7, 11) is 0. The monoisotopic (exact) mass is 481 g/mol. The van der Waals surface area contributed by atoms with Gasteiger partial charge in [-0.3, -0.25) is 9.89 Å². The third kappa shape index (κ3) is 9.16. The topological polar surface area (TPSA) is 61.8 Å². The molecule has 144 valence electrons. The van der Waals surface area contributed by atoms with Crippen LogP contribution in [0.2, 0.25) is 0 Å². The third-order valence-electron chi connectivity index (χ3n) is 3.92. The first kappa shape index (κ1) is 22.6. The molecule has 1 aromatic rings. The zero-order chi connectivity index (χ0) is 17.2. The Morgan fingerprint density at radius 2 is 2.16 bits per heavy atom. The highest BCUT2D eigenvalue weighted by Crippen LogP contribution is 2.07. The van der Waals surface area contributed by atoms with E-state index in [9.17, 15) is 0 Å². The van der Waals surface area contributed by atoms with Gasteiger partial charge in [0, 0.05) is 51.1 Å². The van der Waals surface area contributed by atoms with Crippen LogP contribution < -0.4 is 10.6 Å². The van der Waals surface area contributed by atoms with Crippen LogP contribution in [0.4, 0.5) is 0 Å². The van der Waals surface area contributed by atoms with Crippen molar-refractivity contribution < 1.29 is 4.74 Å². The maximum absolute atomic E-state index is 5.40. The lowest BCUT2D eigenvalue weighted by molar-refractivity contribution is 0.0323. The predicted molar refractivity (Wildman–Crippen MR) is 116 cm³/mol. The number of hydrogen-bond donors (Lipinski definition) is 2. The van der Waals surface area contributed by atoms with E-state index in [0.29, 0.717) is 5.92 Å². The summed E-state index contributed by atoms with van der Waals surface area (Å²) in [4.78, 5) is 11.7. The van der Waals surface area contributed by atoms with Crippen LogP contribution in [0.3, 0.4) is 0 Å². The van der Waals surface area contributed by atoms with E-state index in [1.54, 1.807) is 11.3 Å². The van der Waals surface area contributed by atoms with Crippen molar-refractivity contribution >= 4 is 41.3 Å². The van der Waals surface area contributed by atoms with E-state index >= 15 is 0 Å². The number of aromatic nitrogens is 1. The SMILES string of the molecule is CCNC(=NCC(C)CN1CCOCC1)NCCc1csc(C)n1.I. The molecule has 1 aliphatic heterocycles. The normalized spacial score (nSPS) is 17.0. The third-order valence-corrected chi connectivity index (χ3v) is 4.74. The quantitative estimate of drug-likeness (QED) is 0.339. The Kier molecular flexibility index (Phi) is 11.6. The van der Waals surface area contributed by atoms with Gasteiger partial charge in [-0.15, -0.1) is 35.3 Å². The van der Waals surface area contributed by atoms with Crippen molar-refractivity contribution in [1.29, 1.82) is 0 Å². The van der Waals surface area contributed by atoms with Gasteiger partial charge in [-0.2, -0.15) is 0 Å². The van der Waals surface area contributed by atoms with Gasteiger partial charge in [0.1, 0.15) is 0 Å². The molecule has 2 N–H and O–H groups in total. The Morgan fingerprint density at radius 3 is 2.80 bits per heavy atom. The number of ether oxygens (including phenoxy) is 1. The maximum atomic E-state index is 5.40. The number of aliphatic imine (C=N–C) groups is 1. The Balaban J connectivity index is 0.00000312. The number of guanidine groups is 1. The fourth-order valence-electron chi connectivity index (χ4n) is 2.70. The highest BCUT2D eigenvalue weighted by molar-refractivity contribution is 14.0. The summed E-state index contributed by atoms with van der Waals surface area (Å²) in [6.07, 6.45) is 0.929. The van der Waals surface area contributed by atoms with Gasteiger partial charge in [0.25, 0.3) is 0 Å². The van der Waals surface area contributed by atoms with Crippen molar-refractivity contribution in [2.24, 2.45) is 10.9 Å². The van der Waals surface area contributed by atoms with Gasteiger partial charge in [0.2, 0.25) is 0 Å². The highest BCUT2D eigenvalue weighted by atomic mass is 127. The van der Waals surface area contributed by atoms with Crippen LogP contribution in [-0.2, 0) is 11.2 Å². The molecule has 2 rings (SSSR count). The summed E-state index contributed by atoms with van der Waals surface area (Å²) in [6.45, 7) is 13.9. The molecule has 1 fully saturated rings. The fourth-order valence-corrected chi connectivity index (χ4v) is 3.35. The van der Waals surface area contributed by atoms with Gasteiger partial charge < -0.3 is 15.4 Å². The van der Waals surface area contributed by atoms with E-state index < -0.39 is 0 Å². The van der Waals surface area contributed by atoms with Gasteiger partial charge in [0.15, 0.2) is 5.96 Å². The van der Waals surface area contributed by atoms with E-state index in [1.807, 2.05) is 6.92 Å². The largest absolute Gasteiger partial charge is 0.379 e. The van der Waals surface area contributed by atoms with Crippen molar-refractivity contribution in [3.8, 4) is 0 Å². The zero-order valence-corrected chi connectivity index (χ0v) is 18.7. The number of nitrogens with zero attached hydrogens (tertiary/aromatic N) is 3. The lowest BCUT2D eigenvalue weighted by atomic mass is 10.1. The minimum absolute atomic E-state index is 0. The fraction of sp³-hybridized carbons (Fsp3) is 0.765. The molecule has 8 heteroatoms. The van der Waals surface area contributed by atoms with E-state index in [-0.39, 0.29) is 24.0 Å². The summed E-state index contributed by atoms with van der Waals surface area (Å²) in [5.41, 5.74) is 1.15. The highest BCUT2D eigenvalue weighted by Gasteiger charge is 2.13. The van der Waals surface area contributed by atoms with Crippen LogP contribution in [0.15, 0.2) is 10.4 Å². The van der Waals surface area contributed by atoms with E-state index in [4.69, 9.17) is 9.73 Å². The molecule has 1 saturated heterocycles. The Hall–Kier alpha value is -0.450. The number of nitrogens with one attached hydrogen (secondary N) is 2. The van der Waals surface area contributed by atoms with Crippen LogP contribution >= 0.6 is 35.3 Å². The lowest BCUT2D eigenvalue weighted by Crippen LogP contribution is -2.40. The summed E-state index contributed by atoms with van der Waals surface area (Å²) >= 11 is 1.71. The second-order valence-electron chi connectivity index (χ2n) is 6.27. The summed E-state index contributed by atoms with van der Waals surface area (Å²) < 4.78 is 5.40. The Labute approximate surface area is 172 Å². The number of rotatable bonds is 8. The van der Waals surface area contributed by atoms with Crippen molar-refractivity contribution in [3.05, 3.63) is 16.1 Å². The number of thiazole rings is 1. The Bertz CT molecular complexity index is 505. The molecule has 0 radical (unpaired) electrons. The van der Waals surface area contributed by atoms with Crippen molar-refractivity contribution in [2.75, 3.05) is 52.5 Å². The van der Waals surface area contributed by atoms with Gasteiger partial charge in [-0.1, -0.05) is 6.92 Å². The van der Waals surface area contributed by atoms with E-state index in [0.717, 1.165) is 75.6 Å². The average molecular weight is 481 g/mol. The lowest BCUT2D eigenvalue weighted by Gasteiger charge is -2.28. The van der Waals surface area contributed by atoms with Crippen LogP contribution in [0.25, 0.3) is 0 Å². The molecule has 0 spiro atoms. The molecule has 0 aromatic carbocycles. The summed E-state index contributed by atoms with van der Waals surface area (Å²) in [5, 5.41) is 9.99. The molecule has 1 unspecified atom stereocenters. The molecule has 1 aliphatic rings. The van der Waals surface area contributed by atoms with E-state index in [1.165, 1.54) is 0 Å². The number of morpholine rings is 1. The predicted octanol–water partition coefficient (Wildman–Crippen LogP) is 2.14. The number of halogens is 1. The van der Waals surface area contributed by atoms with Crippen molar-refractivity contribution in [3.63, 3.8) is 0 Å². The Morgan fingerprint density at radius 1 is 1.40 bits per heavy atom. The number of aryl methyl sites for hydroxylation is 1. The summed E-state index contributed by atoms with van der Waals surface area (Å²) in [5.74, 6) is 1.44. The summed E-state index contributed by atoms with van der Waals surface area (Å²) in [6, 6.07) is 0. The minimum atomic E-state index is 0. The molecule has 1 aromatic heterocycles. The molecule has 0 amide bonds. The first-order chi connectivity index (χ1) is 11.7. The first-order valence-electron chi connectivity index (χ1n) is 8.90. The maximum Gasteiger partial charge on any atom is 0.191 e. The number of hydrogen-bond acceptors (Lipinski definition) is 5. The van der Waals surface area contributed by atoms with E-state index in [2.05, 4.69) is 39.7 Å². The first-order valence-corrected chi connectivity index (χ1v) is 9.78. The molecular weight excluding hydrogens is 449 g/mol. The molecular formula is C17H32IN5OS. The average Bonchev–Trinajstić information content (AvgIpc) is 2.99. The van der Waals surface area contributed by atoms with Crippen LogP contribution in [-0.4, -0.2) is 68.3 Å². The zero-order valence-electron chi connectivity index (χ0n) is 15.6. The molecule has 2 heterocycles. The van der Waals surface area contributed by atoms with Crippen LogP contribution in [0, 0.1) is 12.8 Å². The van der Waals surface area contributed by atoms with Gasteiger partial charge in [0.05, 0.1) is 23.9 Å². The molecule has 6 nitrogen and oxygen atoms in total. The van der Waals surface area contributed by atoms with Gasteiger partial charge in [-0.05, 0) is 19.8 Å². The second kappa shape index (κ2) is 12.8. The van der Waals surface area contributed by atoms with Gasteiger partial charge in [-0.25, -0.2) is 4.98 Å². The van der Waals surface area contributed by atoms with Crippen molar-refractivity contribution in [1.82, 2.24) is 20.5 Å². The smallest absolute Gasteiger partial charge is 0.191 e. The minimum Gasteiger partial charge on any atom is -0.379 e. The van der Waals surface area contributed by atoms with Crippen LogP contribution in [0.1, 0.15) is 24.5 Å². The van der Waals surface area contributed by atoms with Gasteiger partial charge >= 0.3 is 0 Å². The molecule has 0 aliphatic carbocycles. The molecule has 0 saturated carbocycles. The standard InChI is InChI=1S/C17H31N5OS.HI/c1-4-18-17(19-6-5-16-13-24-15(3)21-16)20-11-14(2)12-22-7-9-23-10-8-22;/h13-14H,4-12H2,1-3H3,(H2,18,19,20);1H. The molecule has 1 atom stereocenters. The molecule has 25 heavy (non-hydrogen) atoms. The van der Waals surface area contributed by atoms with Crippen LogP contribution in [0.5, 0.6) is 0 Å².